The van der Waals surface area contributed by atoms with Crippen LogP contribution in [0.2, 0.25) is 0 Å². The number of aromatic nitrogens is 2. The first kappa shape index (κ1) is 8.64. The molecule has 0 spiro atoms. The molecule has 0 aliphatic heterocycles. The van der Waals surface area contributed by atoms with Gasteiger partial charge in [-0.3, -0.25) is 4.79 Å². The minimum Gasteiger partial charge on any atom is -0.364 e. The third-order valence-corrected chi connectivity index (χ3v) is 1.73. The van der Waals surface area contributed by atoms with Crippen molar-refractivity contribution in [3.8, 4) is 0 Å². The first-order chi connectivity index (χ1) is 5.52. The summed E-state index contributed by atoms with van der Waals surface area (Å²) in [5, 5.41) is 0. The largest absolute Gasteiger partial charge is 0.364 e. The molecule has 12 heavy (non-hydrogen) atoms. The topological polar surface area (TPSA) is 68.9 Å². The second-order valence-electron chi connectivity index (χ2n) is 2.69. The van der Waals surface area contributed by atoms with Gasteiger partial charge in [0.25, 0.3) is 5.91 Å². The van der Waals surface area contributed by atoms with Crippen LogP contribution in [0.25, 0.3) is 0 Å². The van der Waals surface area contributed by atoms with E-state index in [0.29, 0.717) is 11.5 Å². The second kappa shape index (κ2) is 2.89. The average Bonchev–Trinajstić information content (AvgIpc) is 1.96. The van der Waals surface area contributed by atoms with Gasteiger partial charge in [0.2, 0.25) is 0 Å². The van der Waals surface area contributed by atoms with E-state index in [4.69, 9.17) is 5.73 Å². The van der Waals surface area contributed by atoms with Crippen molar-refractivity contribution in [2.45, 2.75) is 20.8 Å². The van der Waals surface area contributed by atoms with E-state index in [0.717, 1.165) is 11.3 Å². The minimum absolute atomic E-state index is 0.319. The molecule has 4 nitrogen and oxygen atoms in total. The molecule has 1 rings (SSSR count). The van der Waals surface area contributed by atoms with E-state index in [-0.39, 0.29) is 0 Å². The second-order valence-corrected chi connectivity index (χ2v) is 2.69. The number of nitrogens with zero attached hydrogens (tertiary/aromatic N) is 2. The normalized spacial score (nSPS) is 9.92. The van der Waals surface area contributed by atoms with Gasteiger partial charge in [0, 0.05) is 11.3 Å². The number of carbonyl (C=O) groups is 1. The van der Waals surface area contributed by atoms with Gasteiger partial charge in [-0.2, -0.15) is 0 Å². The van der Waals surface area contributed by atoms with Crippen LogP contribution in [0, 0.1) is 20.8 Å². The van der Waals surface area contributed by atoms with Crippen LogP contribution in [0.5, 0.6) is 0 Å². The molecule has 1 heterocycles. The zero-order chi connectivity index (χ0) is 9.30. The third kappa shape index (κ3) is 1.42. The molecule has 4 heteroatoms. The molecule has 0 saturated heterocycles. The molecule has 0 atom stereocenters. The van der Waals surface area contributed by atoms with Gasteiger partial charge in [-0.15, -0.1) is 0 Å². The number of nitrogens with two attached hydrogens (primary N) is 1. The summed E-state index contributed by atoms with van der Waals surface area (Å²) >= 11 is 0. The van der Waals surface area contributed by atoms with E-state index in [1.165, 1.54) is 0 Å². The lowest BCUT2D eigenvalue weighted by Gasteiger charge is -2.04. The first-order valence-corrected chi connectivity index (χ1v) is 3.64. The van der Waals surface area contributed by atoms with Gasteiger partial charge in [-0.1, -0.05) is 0 Å². The lowest BCUT2D eigenvalue weighted by molar-refractivity contribution is 0.0994. The van der Waals surface area contributed by atoms with Gasteiger partial charge in [0.1, 0.15) is 11.5 Å². The SMILES string of the molecule is Cc1nc(C)c(C)c(C(N)=O)n1. The van der Waals surface area contributed by atoms with Crippen molar-refractivity contribution < 1.29 is 4.79 Å². The molecular formula is C8H11N3O. The molecule has 0 unspecified atom stereocenters. The molecule has 0 bridgehead atoms. The molecule has 0 fully saturated rings. The fourth-order valence-electron chi connectivity index (χ4n) is 1.01. The Morgan fingerprint density at radius 1 is 1.25 bits per heavy atom. The summed E-state index contributed by atoms with van der Waals surface area (Å²) in [5.41, 5.74) is 7.00. The van der Waals surface area contributed by atoms with Crippen LogP contribution in [-0.2, 0) is 0 Å². The lowest BCUT2D eigenvalue weighted by atomic mass is 10.2. The predicted octanol–water partition coefficient (Wildman–Crippen LogP) is 0.501. The monoisotopic (exact) mass is 165 g/mol. The molecule has 0 radical (unpaired) electrons. The van der Waals surface area contributed by atoms with Gasteiger partial charge in [-0.05, 0) is 20.8 Å². The summed E-state index contributed by atoms with van der Waals surface area (Å²) in [6.45, 7) is 5.35. The van der Waals surface area contributed by atoms with E-state index in [1.807, 2.05) is 6.92 Å². The summed E-state index contributed by atoms with van der Waals surface area (Å²) in [6, 6.07) is 0. The summed E-state index contributed by atoms with van der Waals surface area (Å²) in [5.74, 6) is 0.0769. The van der Waals surface area contributed by atoms with E-state index in [9.17, 15) is 4.79 Å². The Kier molecular flexibility index (Phi) is 2.08. The van der Waals surface area contributed by atoms with Gasteiger partial charge in [0.15, 0.2) is 0 Å². The highest BCUT2D eigenvalue weighted by atomic mass is 16.1. The number of hydrogen-bond donors (Lipinski definition) is 1. The van der Waals surface area contributed by atoms with Gasteiger partial charge in [-0.25, -0.2) is 9.97 Å². The summed E-state index contributed by atoms with van der Waals surface area (Å²) < 4.78 is 0. The Morgan fingerprint density at radius 3 is 2.33 bits per heavy atom. The van der Waals surface area contributed by atoms with Crippen LogP contribution >= 0.6 is 0 Å². The number of amides is 1. The lowest BCUT2D eigenvalue weighted by Crippen LogP contribution is -2.17. The summed E-state index contributed by atoms with van der Waals surface area (Å²) in [4.78, 5) is 18.9. The Bertz CT molecular complexity index is 333. The third-order valence-electron chi connectivity index (χ3n) is 1.73. The molecule has 0 saturated carbocycles. The zero-order valence-corrected chi connectivity index (χ0v) is 7.38. The fraction of sp³-hybridized carbons (Fsp3) is 0.375. The van der Waals surface area contributed by atoms with Crippen molar-refractivity contribution in [2.75, 3.05) is 0 Å². The molecule has 2 N–H and O–H groups in total. The molecule has 0 aromatic carbocycles. The van der Waals surface area contributed by atoms with Crippen LogP contribution in [0.15, 0.2) is 0 Å². The number of primary amides is 1. The van der Waals surface area contributed by atoms with Gasteiger partial charge >= 0.3 is 0 Å². The Balaban J connectivity index is 3.37. The molecule has 1 aromatic heterocycles. The highest BCUT2D eigenvalue weighted by Crippen LogP contribution is 2.07. The molecule has 1 amide bonds. The summed E-state index contributed by atoms with van der Waals surface area (Å²) in [7, 11) is 0. The van der Waals surface area contributed by atoms with Crippen LogP contribution in [-0.4, -0.2) is 15.9 Å². The van der Waals surface area contributed by atoms with Crippen LogP contribution in [0.3, 0.4) is 0 Å². The molecule has 1 aromatic rings. The Labute approximate surface area is 70.8 Å². The number of hydrogen-bond acceptors (Lipinski definition) is 3. The number of carbonyl (C=O) groups excluding carboxylic acids is 1. The quantitative estimate of drug-likeness (QED) is 0.658. The fourth-order valence-corrected chi connectivity index (χ4v) is 1.01. The van der Waals surface area contributed by atoms with Gasteiger partial charge in [0.05, 0.1) is 0 Å². The maximum atomic E-state index is 10.9. The first-order valence-electron chi connectivity index (χ1n) is 3.64. The minimum atomic E-state index is -0.499. The molecular weight excluding hydrogens is 154 g/mol. The van der Waals surface area contributed by atoms with Crippen LogP contribution in [0.1, 0.15) is 27.6 Å². The van der Waals surface area contributed by atoms with Crippen molar-refractivity contribution >= 4 is 5.91 Å². The highest BCUT2D eigenvalue weighted by Gasteiger charge is 2.09. The maximum absolute atomic E-state index is 10.9. The van der Waals surface area contributed by atoms with Crippen molar-refractivity contribution in [1.29, 1.82) is 0 Å². The van der Waals surface area contributed by atoms with Gasteiger partial charge < -0.3 is 5.73 Å². The highest BCUT2D eigenvalue weighted by molar-refractivity contribution is 5.92. The Morgan fingerprint density at radius 2 is 1.83 bits per heavy atom. The zero-order valence-electron chi connectivity index (χ0n) is 7.38. The maximum Gasteiger partial charge on any atom is 0.267 e. The standard InChI is InChI=1S/C8H11N3O/c1-4-5(2)10-6(3)11-7(4)8(9)12/h1-3H3,(H2,9,12). The van der Waals surface area contributed by atoms with Crippen molar-refractivity contribution in [1.82, 2.24) is 9.97 Å². The Hall–Kier alpha value is -1.45. The van der Waals surface area contributed by atoms with E-state index in [2.05, 4.69) is 9.97 Å². The average molecular weight is 165 g/mol. The smallest absolute Gasteiger partial charge is 0.267 e. The van der Waals surface area contributed by atoms with E-state index >= 15 is 0 Å². The van der Waals surface area contributed by atoms with E-state index in [1.54, 1.807) is 13.8 Å². The number of rotatable bonds is 1. The summed E-state index contributed by atoms with van der Waals surface area (Å²) in [6.07, 6.45) is 0. The molecule has 0 aliphatic rings. The van der Waals surface area contributed by atoms with Crippen molar-refractivity contribution in [3.63, 3.8) is 0 Å². The van der Waals surface area contributed by atoms with Crippen LogP contribution < -0.4 is 5.73 Å². The molecule has 64 valence electrons. The predicted molar refractivity (Wildman–Crippen MR) is 44.8 cm³/mol. The molecule has 0 aliphatic carbocycles. The van der Waals surface area contributed by atoms with E-state index < -0.39 is 5.91 Å². The van der Waals surface area contributed by atoms with Crippen LogP contribution in [0.4, 0.5) is 0 Å². The van der Waals surface area contributed by atoms with Crippen molar-refractivity contribution in [2.24, 2.45) is 5.73 Å². The van der Waals surface area contributed by atoms with Crippen molar-refractivity contribution in [3.05, 3.63) is 22.8 Å². The number of aryl methyl sites for hydroxylation is 2.